The highest BCUT2D eigenvalue weighted by molar-refractivity contribution is 6.31. The van der Waals surface area contributed by atoms with Gasteiger partial charge in [0.25, 0.3) is 11.8 Å². The van der Waals surface area contributed by atoms with E-state index >= 15 is 0 Å². The number of methoxy groups -OCH3 is 1. The third-order valence-electron chi connectivity index (χ3n) is 5.25. The molecule has 9 heteroatoms. The first-order chi connectivity index (χ1) is 16.5. The first-order valence-corrected chi connectivity index (χ1v) is 10.8. The molecule has 0 unspecified atom stereocenters. The van der Waals surface area contributed by atoms with Gasteiger partial charge in [-0.15, -0.1) is 0 Å². The van der Waals surface area contributed by atoms with Crippen molar-refractivity contribution in [1.29, 1.82) is 0 Å². The predicted octanol–water partition coefficient (Wildman–Crippen LogP) is 5.37. The third kappa shape index (κ3) is 4.11. The second-order valence-corrected chi connectivity index (χ2v) is 7.85. The van der Waals surface area contributed by atoms with Gasteiger partial charge in [0, 0.05) is 22.2 Å². The minimum absolute atomic E-state index is 0.0505. The van der Waals surface area contributed by atoms with E-state index in [9.17, 15) is 9.59 Å². The predicted molar refractivity (Wildman–Crippen MR) is 128 cm³/mol. The van der Waals surface area contributed by atoms with Gasteiger partial charge in [-0.3, -0.25) is 9.59 Å². The normalized spacial score (nSPS) is 12.3. The molecule has 34 heavy (non-hydrogen) atoms. The van der Waals surface area contributed by atoms with E-state index < -0.39 is 11.8 Å². The number of nitrogens with one attached hydrogen (secondary N) is 2. The van der Waals surface area contributed by atoms with E-state index in [2.05, 4.69) is 10.6 Å². The van der Waals surface area contributed by atoms with E-state index in [1.54, 1.807) is 54.6 Å². The van der Waals surface area contributed by atoms with Gasteiger partial charge in [0.05, 0.1) is 12.7 Å². The smallest absolute Gasteiger partial charge is 0.293 e. The number of furan rings is 1. The van der Waals surface area contributed by atoms with Crippen LogP contribution in [0.2, 0.25) is 5.02 Å². The Bertz CT molecular complexity index is 1410. The summed E-state index contributed by atoms with van der Waals surface area (Å²) in [4.78, 5) is 26.3. The van der Waals surface area contributed by atoms with Crippen molar-refractivity contribution in [1.82, 2.24) is 0 Å². The van der Waals surface area contributed by atoms with E-state index in [0.717, 1.165) is 0 Å². The Hall–Kier alpha value is -4.17. The molecule has 5 rings (SSSR count). The fourth-order valence-corrected chi connectivity index (χ4v) is 3.85. The van der Waals surface area contributed by atoms with Crippen LogP contribution in [-0.2, 0) is 0 Å². The summed E-state index contributed by atoms with van der Waals surface area (Å²) < 4.78 is 22.2. The second-order valence-electron chi connectivity index (χ2n) is 7.41. The molecule has 1 aliphatic heterocycles. The lowest BCUT2D eigenvalue weighted by molar-refractivity contribution is 0.0999. The summed E-state index contributed by atoms with van der Waals surface area (Å²) in [5, 5.41) is 6.53. The number of carbonyl (C=O) groups excluding carboxylic acids is 2. The Morgan fingerprint density at radius 3 is 2.53 bits per heavy atom. The largest absolute Gasteiger partial charge is 0.496 e. The highest BCUT2D eigenvalue weighted by Gasteiger charge is 2.24. The molecule has 0 atom stereocenters. The minimum atomic E-state index is -0.541. The fraction of sp³-hybridized carbons (Fsp3) is 0.120. The van der Waals surface area contributed by atoms with Crippen molar-refractivity contribution in [3.05, 3.63) is 77.0 Å². The van der Waals surface area contributed by atoms with E-state index in [1.807, 2.05) is 0 Å². The van der Waals surface area contributed by atoms with Crippen molar-refractivity contribution in [2.45, 2.75) is 0 Å². The summed E-state index contributed by atoms with van der Waals surface area (Å²) in [6.07, 6.45) is 0. The van der Waals surface area contributed by atoms with Crippen LogP contribution in [0, 0.1) is 0 Å². The maximum absolute atomic E-state index is 13.2. The number of benzene rings is 3. The number of amides is 2. The summed E-state index contributed by atoms with van der Waals surface area (Å²) in [7, 11) is 1.46. The molecule has 2 heterocycles. The van der Waals surface area contributed by atoms with E-state index in [0.29, 0.717) is 52.1 Å². The van der Waals surface area contributed by atoms with Gasteiger partial charge in [0.1, 0.15) is 30.2 Å². The monoisotopic (exact) mass is 478 g/mol. The summed E-state index contributed by atoms with van der Waals surface area (Å²) in [6.45, 7) is 0.898. The summed E-state index contributed by atoms with van der Waals surface area (Å²) >= 11 is 6.08. The number of fused-ring (bicyclic) bond motifs is 2. The molecule has 0 saturated heterocycles. The number of anilines is 2. The van der Waals surface area contributed by atoms with Crippen LogP contribution in [0.4, 0.5) is 11.4 Å². The Kier molecular flexibility index (Phi) is 5.73. The summed E-state index contributed by atoms with van der Waals surface area (Å²) in [5.74, 6) is 0.398. The van der Waals surface area contributed by atoms with Gasteiger partial charge in [-0.1, -0.05) is 23.7 Å². The van der Waals surface area contributed by atoms with Gasteiger partial charge in [0.15, 0.2) is 11.5 Å². The van der Waals surface area contributed by atoms with E-state index in [-0.39, 0.29) is 17.0 Å². The zero-order chi connectivity index (χ0) is 23.7. The Labute approximate surface area is 199 Å². The van der Waals surface area contributed by atoms with Crippen LogP contribution in [0.5, 0.6) is 17.2 Å². The number of halogens is 1. The molecule has 172 valence electrons. The maximum atomic E-state index is 13.2. The molecule has 0 saturated carbocycles. The molecule has 0 spiro atoms. The molecule has 0 radical (unpaired) electrons. The second kappa shape index (κ2) is 8.99. The lowest BCUT2D eigenvalue weighted by atomic mass is 10.1. The molecule has 2 N–H and O–H groups in total. The van der Waals surface area contributed by atoms with Crippen LogP contribution < -0.4 is 24.8 Å². The quantitative estimate of drug-likeness (QED) is 0.400. The van der Waals surface area contributed by atoms with E-state index in [1.165, 1.54) is 13.2 Å². The number of hydrogen-bond acceptors (Lipinski definition) is 6. The van der Waals surface area contributed by atoms with Gasteiger partial charge in [-0.25, -0.2) is 0 Å². The highest BCUT2D eigenvalue weighted by atomic mass is 35.5. The van der Waals surface area contributed by atoms with Gasteiger partial charge in [-0.2, -0.15) is 0 Å². The van der Waals surface area contributed by atoms with Gasteiger partial charge < -0.3 is 29.3 Å². The van der Waals surface area contributed by atoms with Crippen LogP contribution in [0.25, 0.3) is 11.0 Å². The van der Waals surface area contributed by atoms with Crippen LogP contribution in [-0.4, -0.2) is 32.1 Å². The Balaban J connectivity index is 1.48. The number of ether oxygens (including phenoxy) is 3. The van der Waals surface area contributed by atoms with E-state index in [4.69, 9.17) is 30.2 Å². The zero-order valence-electron chi connectivity index (χ0n) is 18.0. The average molecular weight is 479 g/mol. The van der Waals surface area contributed by atoms with Crippen LogP contribution in [0.3, 0.4) is 0 Å². The first-order valence-electron chi connectivity index (χ1n) is 10.4. The molecule has 2 amide bonds. The molecule has 1 aliphatic rings. The van der Waals surface area contributed by atoms with Gasteiger partial charge in [-0.05, 0) is 42.5 Å². The molecular formula is C25H19ClN2O6. The molecule has 1 aromatic heterocycles. The molecule has 0 aliphatic carbocycles. The van der Waals surface area contributed by atoms with Gasteiger partial charge >= 0.3 is 0 Å². The molecule has 3 aromatic carbocycles. The van der Waals surface area contributed by atoms with Gasteiger partial charge in [0.2, 0.25) is 5.76 Å². The summed E-state index contributed by atoms with van der Waals surface area (Å²) in [5.41, 5.74) is 1.39. The summed E-state index contributed by atoms with van der Waals surface area (Å²) in [6, 6.07) is 16.8. The van der Waals surface area contributed by atoms with Crippen molar-refractivity contribution in [3.63, 3.8) is 0 Å². The number of para-hydroxylation sites is 1. The lowest BCUT2D eigenvalue weighted by Gasteiger charge is -2.19. The lowest BCUT2D eigenvalue weighted by Crippen LogP contribution is -2.18. The first kappa shape index (κ1) is 21.7. The number of hydrogen-bond donors (Lipinski definition) is 2. The molecule has 4 aromatic rings. The zero-order valence-corrected chi connectivity index (χ0v) is 18.8. The van der Waals surface area contributed by atoms with Crippen LogP contribution in [0.1, 0.15) is 20.9 Å². The maximum Gasteiger partial charge on any atom is 0.293 e. The topological polar surface area (TPSA) is 99.0 Å². The Morgan fingerprint density at radius 1 is 0.912 bits per heavy atom. The standard InChI is InChI=1S/C25H19ClN2O6/c1-31-18-8-6-14(26)12-17(18)24(29)28-22-16-4-2-3-5-19(16)34-23(22)25(30)27-15-7-9-20-21(13-15)33-11-10-32-20/h2-9,12-13H,10-11H2,1H3,(H,27,30)(H,28,29). The fourth-order valence-electron chi connectivity index (χ4n) is 3.68. The van der Waals surface area contributed by atoms with Crippen molar-refractivity contribution < 1.29 is 28.2 Å². The SMILES string of the molecule is COc1ccc(Cl)cc1C(=O)Nc1c(C(=O)Nc2ccc3c(c2)OCCO3)oc2ccccc12. The molecule has 0 bridgehead atoms. The van der Waals surface area contributed by atoms with Crippen molar-refractivity contribution in [3.8, 4) is 17.2 Å². The average Bonchev–Trinajstić information content (AvgIpc) is 3.22. The Morgan fingerprint density at radius 2 is 1.71 bits per heavy atom. The molecule has 0 fully saturated rings. The van der Waals surface area contributed by atoms with Crippen molar-refractivity contribution in [2.75, 3.05) is 31.0 Å². The van der Waals surface area contributed by atoms with Crippen LogP contribution in [0.15, 0.2) is 65.1 Å². The molecular weight excluding hydrogens is 460 g/mol. The van der Waals surface area contributed by atoms with Crippen LogP contribution >= 0.6 is 11.6 Å². The minimum Gasteiger partial charge on any atom is -0.496 e. The number of carbonyl (C=O) groups is 2. The molecule has 8 nitrogen and oxygen atoms in total. The van der Waals surface area contributed by atoms with Crippen molar-refractivity contribution in [2.24, 2.45) is 0 Å². The number of rotatable bonds is 5. The third-order valence-corrected chi connectivity index (χ3v) is 5.48. The highest BCUT2D eigenvalue weighted by Crippen LogP contribution is 2.35. The van der Waals surface area contributed by atoms with Crippen molar-refractivity contribution >= 4 is 45.8 Å².